The van der Waals surface area contributed by atoms with Gasteiger partial charge in [-0.25, -0.2) is 9.97 Å². The fourth-order valence-corrected chi connectivity index (χ4v) is 3.55. The second-order valence-corrected chi connectivity index (χ2v) is 7.25. The number of nitrogens with zero attached hydrogens (tertiary/aromatic N) is 3. The summed E-state index contributed by atoms with van der Waals surface area (Å²) in [5, 5.41) is 2.91. The molecule has 1 N–H and O–H groups in total. The molecule has 1 amide bonds. The highest BCUT2D eigenvalue weighted by Crippen LogP contribution is 2.29. The van der Waals surface area contributed by atoms with E-state index >= 15 is 0 Å². The van der Waals surface area contributed by atoms with E-state index in [1.165, 1.54) is 0 Å². The van der Waals surface area contributed by atoms with Crippen LogP contribution in [-0.4, -0.2) is 47.0 Å². The summed E-state index contributed by atoms with van der Waals surface area (Å²) in [7, 11) is 0. The zero-order valence-corrected chi connectivity index (χ0v) is 15.8. The van der Waals surface area contributed by atoms with Gasteiger partial charge in [0.1, 0.15) is 5.75 Å². The standard InChI is InChI=1S/C19H24N4O2S/c1-2-3-8-21-18(24)15-4-6-16(7-5-15)25-19-17(20-9-10-22-19)23-11-13-26-14-12-23/h4-7,9-10H,2-3,8,11-14H2,1H3,(H,21,24). The summed E-state index contributed by atoms with van der Waals surface area (Å²) in [4.78, 5) is 23.1. The van der Waals surface area contributed by atoms with Crippen molar-refractivity contribution in [2.45, 2.75) is 19.8 Å². The molecule has 138 valence electrons. The van der Waals surface area contributed by atoms with Gasteiger partial charge in [-0.3, -0.25) is 4.79 Å². The van der Waals surface area contributed by atoms with E-state index in [4.69, 9.17) is 4.74 Å². The molecule has 1 aliphatic heterocycles. The second kappa shape index (κ2) is 9.43. The molecule has 2 aromatic rings. The van der Waals surface area contributed by atoms with Gasteiger partial charge in [0.25, 0.3) is 11.8 Å². The zero-order valence-electron chi connectivity index (χ0n) is 15.0. The van der Waals surface area contributed by atoms with Crippen LogP contribution in [0.5, 0.6) is 11.6 Å². The van der Waals surface area contributed by atoms with Crippen LogP contribution >= 0.6 is 11.8 Å². The Balaban J connectivity index is 1.67. The molecular weight excluding hydrogens is 348 g/mol. The summed E-state index contributed by atoms with van der Waals surface area (Å²) < 4.78 is 5.94. The molecule has 7 heteroatoms. The predicted octanol–water partition coefficient (Wildman–Crippen LogP) is 3.35. The highest BCUT2D eigenvalue weighted by Gasteiger charge is 2.18. The van der Waals surface area contributed by atoms with Crippen LogP contribution in [0.15, 0.2) is 36.7 Å². The Hall–Kier alpha value is -2.28. The quantitative estimate of drug-likeness (QED) is 0.752. The molecule has 0 radical (unpaired) electrons. The molecule has 6 nitrogen and oxygen atoms in total. The highest BCUT2D eigenvalue weighted by atomic mass is 32.2. The lowest BCUT2D eigenvalue weighted by atomic mass is 10.2. The number of carbonyl (C=O) groups excluding carboxylic acids is 1. The van der Waals surface area contributed by atoms with Crippen LogP contribution in [0.2, 0.25) is 0 Å². The van der Waals surface area contributed by atoms with Crippen LogP contribution in [0.25, 0.3) is 0 Å². The monoisotopic (exact) mass is 372 g/mol. The van der Waals surface area contributed by atoms with E-state index < -0.39 is 0 Å². The van der Waals surface area contributed by atoms with Crippen LogP contribution < -0.4 is 15.0 Å². The molecule has 0 saturated carbocycles. The lowest BCUT2D eigenvalue weighted by Gasteiger charge is -2.28. The maximum Gasteiger partial charge on any atom is 0.263 e. The van der Waals surface area contributed by atoms with Crippen molar-refractivity contribution in [3.8, 4) is 11.6 Å². The van der Waals surface area contributed by atoms with Gasteiger partial charge in [0, 0.05) is 49.1 Å². The Morgan fingerprint density at radius 3 is 2.65 bits per heavy atom. The molecule has 26 heavy (non-hydrogen) atoms. The van der Waals surface area contributed by atoms with Gasteiger partial charge in [0.15, 0.2) is 5.82 Å². The van der Waals surface area contributed by atoms with Crippen LogP contribution in [0.4, 0.5) is 5.82 Å². The highest BCUT2D eigenvalue weighted by molar-refractivity contribution is 7.99. The van der Waals surface area contributed by atoms with Gasteiger partial charge in [0.05, 0.1) is 0 Å². The maximum atomic E-state index is 12.1. The van der Waals surface area contributed by atoms with Crippen molar-refractivity contribution in [1.82, 2.24) is 15.3 Å². The number of ether oxygens (including phenoxy) is 1. The summed E-state index contributed by atoms with van der Waals surface area (Å²) in [6.45, 7) is 4.68. The Morgan fingerprint density at radius 1 is 1.19 bits per heavy atom. The number of nitrogens with one attached hydrogen (secondary N) is 1. The Labute approximate surface area is 158 Å². The van der Waals surface area contributed by atoms with E-state index in [1.54, 1.807) is 36.7 Å². The topological polar surface area (TPSA) is 67.3 Å². The lowest BCUT2D eigenvalue weighted by Crippen LogP contribution is -2.33. The SMILES string of the molecule is CCCCNC(=O)c1ccc(Oc2nccnc2N2CCSCC2)cc1. The van der Waals surface area contributed by atoms with Crippen molar-refractivity contribution in [3.05, 3.63) is 42.2 Å². The Bertz CT molecular complexity index is 718. The minimum Gasteiger partial charge on any atom is -0.436 e. The van der Waals surface area contributed by atoms with Gasteiger partial charge in [-0.1, -0.05) is 13.3 Å². The number of amides is 1. The maximum absolute atomic E-state index is 12.1. The molecule has 0 spiro atoms. The molecule has 1 fully saturated rings. The number of aromatic nitrogens is 2. The first-order valence-corrected chi connectivity index (χ1v) is 10.1. The number of anilines is 1. The normalized spacial score (nSPS) is 14.1. The third-order valence-corrected chi connectivity index (χ3v) is 5.05. The van der Waals surface area contributed by atoms with Gasteiger partial charge in [-0.2, -0.15) is 11.8 Å². The van der Waals surface area contributed by atoms with Crippen molar-refractivity contribution in [1.29, 1.82) is 0 Å². The number of rotatable bonds is 7. The summed E-state index contributed by atoms with van der Waals surface area (Å²) in [6, 6.07) is 7.12. The van der Waals surface area contributed by atoms with Crippen molar-refractivity contribution in [2.24, 2.45) is 0 Å². The largest absolute Gasteiger partial charge is 0.436 e. The van der Waals surface area contributed by atoms with E-state index in [-0.39, 0.29) is 5.91 Å². The fourth-order valence-electron chi connectivity index (χ4n) is 2.65. The van der Waals surface area contributed by atoms with Crippen LogP contribution in [0.3, 0.4) is 0 Å². The number of unbranched alkanes of at least 4 members (excludes halogenated alkanes) is 1. The molecular formula is C19H24N4O2S. The minimum atomic E-state index is -0.0593. The van der Waals surface area contributed by atoms with E-state index in [0.717, 1.165) is 43.3 Å². The third kappa shape index (κ3) is 4.88. The van der Waals surface area contributed by atoms with Crippen molar-refractivity contribution < 1.29 is 9.53 Å². The van der Waals surface area contributed by atoms with E-state index in [2.05, 4.69) is 27.1 Å². The van der Waals surface area contributed by atoms with E-state index in [9.17, 15) is 4.79 Å². The number of carbonyl (C=O) groups is 1. The molecule has 2 heterocycles. The van der Waals surface area contributed by atoms with Gasteiger partial charge in [0.2, 0.25) is 0 Å². The summed E-state index contributed by atoms with van der Waals surface area (Å²) in [5.74, 6) is 4.02. The molecule has 0 unspecified atom stereocenters. The van der Waals surface area contributed by atoms with Crippen LogP contribution in [0, 0.1) is 0 Å². The van der Waals surface area contributed by atoms with Gasteiger partial charge in [-0.15, -0.1) is 0 Å². The summed E-state index contributed by atoms with van der Waals surface area (Å²) in [5.41, 5.74) is 0.626. The van der Waals surface area contributed by atoms with Crippen LogP contribution in [0.1, 0.15) is 30.1 Å². The number of benzene rings is 1. The van der Waals surface area contributed by atoms with Crippen molar-refractivity contribution in [3.63, 3.8) is 0 Å². The number of hydrogen-bond donors (Lipinski definition) is 1. The van der Waals surface area contributed by atoms with Crippen molar-refractivity contribution >= 4 is 23.5 Å². The van der Waals surface area contributed by atoms with Crippen molar-refractivity contribution in [2.75, 3.05) is 36.0 Å². The molecule has 1 aromatic heterocycles. The van der Waals surface area contributed by atoms with Gasteiger partial charge >= 0.3 is 0 Å². The van der Waals surface area contributed by atoms with E-state index in [0.29, 0.717) is 23.7 Å². The number of hydrogen-bond acceptors (Lipinski definition) is 6. The first kappa shape index (κ1) is 18.5. The first-order valence-electron chi connectivity index (χ1n) is 8.97. The molecule has 0 aliphatic carbocycles. The Morgan fingerprint density at radius 2 is 1.92 bits per heavy atom. The summed E-state index contributed by atoms with van der Waals surface area (Å²) in [6.07, 6.45) is 5.36. The molecule has 1 aliphatic rings. The number of thioether (sulfide) groups is 1. The second-order valence-electron chi connectivity index (χ2n) is 6.02. The smallest absolute Gasteiger partial charge is 0.263 e. The molecule has 0 atom stereocenters. The van der Waals surface area contributed by atoms with Gasteiger partial charge < -0.3 is 15.0 Å². The predicted molar refractivity (Wildman–Crippen MR) is 105 cm³/mol. The van der Waals surface area contributed by atoms with E-state index in [1.807, 2.05) is 11.8 Å². The average molecular weight is 372 g/mol. The lowest BCUT2D eigenvalue weighted by molar-refractivity contribution is 0.0953. The average Bonchev–Trinajstić information content (AvgIpc) is 2.70. The Kier molecular flexibility index (Phi) is 6.71. The molecule has 1 saturated heterocycles. The third-order valence-electron chi connectivity index (χ3n) is 4.10. The van der Waals surface area contributed by atoms with Gasteiger partial charge in [-0.05, 0) is 30.7 Å². The van der Waals surface area contributed by atoms with Crippen LogP contribution in [-0.2, 0) is 0 Å². The summed E-state index contributed by atoms with van der Waals surface area (Å²) >= 11 is 1.95. The molecule has 1 aromatic carbocycles. The zero-order chi connectivity index (χ0) is 18.2. The minimum absolute atomic E-state index is 0.0593. The molecule has 0 bridgehead atoms. The first-order chi connectivity index (χ1) is 12.8. The molecule has 3 rings (SSSR count). The fraction of sp³-hybridized carbons (Fsp3) is 0.421.